The number of ether oxygens (including phenoxy) is 1. The van der Waals surface area contributed by atoms with Crippen LogP contribution in [0.1, 0.15) is 33.3 Å². The molecule has 0 aliphatic heterocycles. The molecule has 1 atom stereocenters. The number of carbonyl (C=O) groups is 1. The lowest BCUT2D eigenvalue weighted by atomic mass is 9.81. The van der Waals surface area contributed by atoms with Gasteiger partial charge in [-0.05, 0) is 32.9 Å². The average Bonchev–Trinajstić information content (AvgIpc) is 2.34. The third-order valence-electron chi connectivity index (χ3n) is 3.07. The van der Waals surface area contributed by atoms with Crippen molar-refractivity contribution >= 4 is 17.7 Å². The Morgan fingerprint density at radius 2 is 2.00 bits per heavy atom. The van der Waals surface area contributed by atoms with E-state index in [4.69, 9.17) is 22.1 Å². The quantitative estimate of drug-likeness (QED) is 0.798. The second-order valence-electron chi connectivity index (χ2n) is 6.25. The highest BCUT2D eigenvalue weighted by molar-refractivity contribution is 6.31. The zero-order valence-corrected chi connectivity index (χ0v) is 13.6. The summed E-state index contributed by atoms with van der Waals surface area (Å²) in [6.45, 7) is 7.60. The molecule has 118 valence electrons. The number of nitrogens with two attached hydrogens (primary N) is 1. The zero-order valence-electron chi connectivity index (χ0n) is 12.9. The molecule has 21 heavy (non-hydrogen) atoms. The van der Waals surface area contributed by atoms with E-state index in [0.717, 1.165) is 0 Å². The molecule has 0 bridgehead atoms. The van der Waals surface area contributed by atoms with Gasteiger partial charge in [0.15, 0.2) is 0 Å². The Morgan fingerprint density at radius 3 is 2.48 bits per heavy atom. The maximum absolute atomic E-state index is 11.8. The van der Waals surface area contributed by atoms with E-state index in [1.165, 1.54) is 0 Å². The number of halogens is 1. The Morgan fingerprint density at radius 1 is 1.38 bits per heavy atom. The number of phenols is 1. The van der Waals surface area contributed by atoms with E-state index >= 15 is 0 Å². The van der Waals surface area contributed by atoms with Gasteiger partial charge in [-0.1, -0.05) is 24.6 Å². The fourth-order valence-electron chi connectivity index (χ4n) is 1.95. The summed E-state index contributed by atoms with van der Waals surface area (Å²) in [6, 6.07) is 4.87. The summed E-state index contributed by atoms with van der Waals surface area (Å²) in [5, 5.41) is 13.1. The van der Waals surface area contributed by atoms with Crippen LogP contribution in [0.3, 0.4) is 0 Å². The van der Waals surface area contributed by atoms with Crippen LogP contribution in [0.25, 0.3) is 0 Å². The van der Waals surface area contributed by atoms with Crippen molar-refractivity contribution in [3.8, 4) is 5.75 Å². The Bertz CT molecular complexity index is 494. The highest BCUT2D eigenvalue weighted by Crippen LogP contribution is 2.36. The van der Waals surface area contributed by atoms with E-state index in [1.54, 1.807) is 39.0 Å². The van der Waals surface area contributed by atoms with E-state index in [2.05, 4.69) is 5.32 Å². The summed E-state index contributed by atoms with van der Waals surface area (Å²) < 4.78 is 5.19. The minimum Gasteiger partial charge on any atom is -0.508 e. The molecule has 6 heteroatoms. The topological polar surface area (TPSA) is 84.6 Å². The molecule has 0 fully saturated rings. The number of alkyl carbamates (subject to hydrolysis) is 1. The molecule has 0 radical (unpaired) electrons. The van der Waals surface area contributed by atoms with Crippen LogP contribution in [-0.4, -0.2) is 29.9 Å². The van der Waals surface area contributed by atoms with Crippen LogP contribution >= 0.6 is 11.6 Å². The maximum atomic E-state index is 11.8. The van der Waals surface area contributed by atoms with Crippen LogP contribution in [0.5, 0.6) is 5.75 Å². The number of benzene rings is 1. The van der Waals surface area contributed by atoms with Gasteiger partial charge in [-0.25, -0.2) is 4.79 Å². The molecule has 1 rings (SSSR count). The van der Waals surface area contributed by atoms with Crippen molar-refractivity contribution in [2.24, 2.45) is 5.73 Å². The monoisotopic (exact) mass is 314 g/mol. The minimum absolute atomic E-state index is 0.0569. The summed E-state index contributed by atoms with van der Waals surface area (Å²) in [5.74, 6) is 0.0569. The predicted octanol–water partition coefficient (Wildman–Crippen LogP) is 2.79. The Kier molecular flexibility index (Phi) is 5.48. The van der Waals surface area contributed by atoms with Gasteiger partial charge in [0.1, 0.15) is 11.4 Å². The van der Waals surface area contributed by atoms with E-state index < -0.39 is 17.1 Å². The molecule has 1 aromatic rings. The molecule has 0 spiro atoms. The number of phenolic OH excluding ortho intramolecular Hbond substituents is 1. The summed E-state index contributed by atoms with van der Waals surface area (Å²) in [4.78, 5) is 11.8. The van der Waals surface area contributed by atoms with Crippen molar-refractivity contribution < 1.29 is 14.6 Å². The molecule has 4 N–H and O–H groups in total. The third kappa shape index (κ3) is 4.79. The van der Waals surface area contributed by atoms with E-state index in [1.807, 2.05) is 6.92 Å². The minimum atomic E-state index is -0.695. The predicted molar refractivity (Wildman–Crippen MR) is 83.8 cm³/mol. The Balaban J connectivity index is 2.89. The highest BCUT2D eigenvalue weighted by Gasteiger charge is 2.31. The second-order valence-corrected chi connectivity index (χ2v) is 6.66. The largest absolute Gasteiger partial charge is 0.508 e. The first-order valence-electron chi connectivity index (χ1n) is 6.74. The SMILES string of the molecule is CC(C)(C)OC(=O)NCC(C)(CN)c1c(O)cccc1Cl. The number of rotatable bonds is 4. The van der Waals surface area contributed by atoms with Gasteiger partial charge in [0.2, 0.25) is 0 Å². The first kappa shape index (κ1) is 17.6. The normalized spacial score (nSPS) is 14.4. The number of aromatic hydroxyl groups is 1. The fourth-order valence-corrected chi connectivity index (χ4v) is 2.35. The smallest absolute Gasteiger partial charge is 0.407 e. The van der Waals surface area contributed by atoms with Crippen LogP contribution < -0.4 is 11.1 Å². The molecule has 0 saturated heterocycles. The lowest BCUT2D eigenvalue weighted by Gasteiger charge is -2.31. The van der Waals surface area contributed by atoms with Gasteiger partial charge in [0, 0.05) is 29.1 Å². The molecule has 1 amide bonds. The third-order valence-corrected chi connectivity index (χ3v) is 3.38. The highest BCUT2D eigenvalue weighted by atomic mass is 35.5. The van der Waals surface area contributed by atoms with Crippen molar-refractivity contribution in [1.29, 1.82) is 0 Å². The van der Waals surface area contributed by atoms with Crippen molar-refractivity contribution in [2.45, 2.75) is 38.7 Å². The van der Waals surface area contributed by atoms with Gasteiger partial charge in [0.05, 0.1) is 0 Å². The molecule has 5 nitrogen and oxygen atoms in total. The molecule has 1 unspecified atom stereocenters. The first-order valence-corrected chi connectivity index (χ1v) is 7.12. The number of nitrogens with one attached hydrogen (secondary N) is 1. The van der Waals surface area contributed by atoms with Crippen LogP contribution in [0.15, 0.2) is 18.2 Å². The van der Waals surface area contributed by atoms with Crippen LogP contribution in [0, 0.1) is 0 Å². The van der Waals surface area contributed by atoms with E-state index in [9.17, 15) is 9.90 Å². The van der Waals surface area contributed by atoms with Gasteiger partial charge in [-0.3, -0.25) is 0 Å². The fraction of sp³-hybridized carbons (Fsp3) is 0.533. The van der Waals surface area contributed by atoms with E-state index in [0.29, 0.717) is 10.6 Å². The molecule has 0 aromatic heterocycles. The van der Waals surface area contributed by atoms with Crippen LogP contribution in [0.4, 0.5) is 4.79 Å². The van der Waals surface area contributed by atoms with Gasteiger partial charge in [-0.2, -0.15) is 0 Å². The Hall–Kier alpha value is -1.46. The zero-order chi connectivity index (χ0) is 16.3. The van der Waals surface area contributed by atoms with Crippen molar-refractivity contribution in [3.05, 3.63) is 28.8 Å². The molecule has 1 aromatic carbocycles. The second kappa shape index (κ2) is 6.54. The number of carbonyl (C=O) groups excluding carboxylic acids is 1. The van der Waals surface area contributed by atoms with Gasteiger partial charge < -0.3 is 20.9 Å². The van der Waals surface area contributed by atoms with Crippen molar-refractivity contribution in [2.75, 3.05) is 13.1 Å². The Labute approximate surface area is 130 Å². The number of hydrogen-bond donors (Lipinski definition) is 3. The van der Waals surface area contributed by atoms with Crippen LogP contribution in [-0.2, 0) is 10.2 Å². The van der Waals surface area contributed by atoms with Gasteiger partial charge in [-0.15, -0.1) is 0 Å². The van der Waals surface area contributed by atoms with Crippen molar-refractivity contribution in [1.82, 2.24) is 5.32 Å². The summed E-state index contributed by atoms with van der Waals surface area (Å²) in [5.41, 5.74) is 5.08. The summed E-state index contributed by atoms with van der Waals surface area (Å²) >= 11 is 6.15. The molecular weight excluding hydrogens is 292 g/mol. The summed E-state index contributed by atoms with van der Waals surface area (Å²) in [7, 11) is 0. The first-order chi connectivity index (χ1) is 9.59. The van der Waals surface area contributed by atoms with Gasteiger partial charge >= 0.3 is 6.09 Å². The lowest BCUT2D eigenvalue weighted by Crippen LogP contribution is -2.45. The van der Waals surface area contributed by atoms with Crippen LogP contribution in [0.2, 0.25) is 5.02 Å². The van der Waals surface area contributed by atoms with E-state index in [-0.39, 0.29) is 18.8 Å². The molecular formula is C15H23ClN2O3. The lowest BCUT2D eigenvalue weighted by molar-refractivity contribution is 0.0516. The molecule has 0 aliphatic carbocycles. The number of amides is 1. The maximum Gasteiger partial charge on any atom is 0.407 e. The molecule has 0 saturated carbocycles. The standard InChI is InChI=1S/C15H23ClN2O3/c1-14(2,3)21-13(20)18-9-15(4,8-17)12-10(16)6-5-7-11(12)19/h5-7,19H,8-9,17H2,1-4H3,(H,18,20). The average molecular weight is 315 g/mol. The van der Waals surface area contributed by atoms with Crippen molar-refractivity contribution in [3.63, 3.8) is 0 Å². The van der Waals surface area contributed by atoms with Gasteiger partial charge in [0.25, 0.3) is 0 Å². The molecule has 0 heterocycles. The summed E-state index contributed by atoms with van der Waals surface area (Å²) in [6.07, 6.45) is -0.534. The number of hydrogen-bond acceptors (Lipinski definition) is 4. The molecule has 0 aliphatic rings.